The maximum atomic E-state index is 11.9. The van der Waals surface area contributed by atoms with E-state index in [0.717, 1.165) is 24.1 Å². The van der Waals surface area contributed by atoms with Gasteiger partial charge in [0.1, 0.15) is 11.6 Å². The number of aryl methyl sites for hydroxylation is 2. The van der Waals surface area contributed by atoms with E-state index >= 15 is 0 Å². The summed E-state index contributed by atoms with van der Waals surface area (Å²) in [5.74, 6) is 0.932. The molecule has 22 heavy (non-hydrogen) atoms. The van der Waals surface area contributed by atoms with Crippen LogP contribution in [0.15, 0.2) is 18.2 Å². The summed E-state index contributed by atoms with van der Waals surface area (Å²) in [5.41, 5.74) is 8.98. The van der Waals surface area contributed by atoms with E-state index in [1.807, 2.05) is 26.0 Å². The number of nitrogens with one attached hydrogen (secondary N) is 1. The lowest BCUT2D eigenvalue weighted by atomic mass is 10.1. The zero-order valence-corrected chi connectivity index (χ0v) is 12.8. The Labute approximate surface area is 129 Å². The summed E-state index contributed by atoms with van der Waals surface area (Å²) in [4.78, 5) is 24.5. The van der Waals surface area contributed by atoms with Crippen molar-refractivity contribution >= 4 is 23.4 Å². The topological polar surface area (TPSA) is 93.8 Å². The SMILES string of the molecule is Cc1ccc(Nc2nc(N)nc([C@H]3CCCC3=O)n2)c(C)c1. The smallest absolute Gasteiger partial charge is 0.232 e. The van der Waals surface area contributed by atoms with Gasteiger partial charge in [-0.3, -0.25) is 4.79 Å². The molecule has 6 nitrogen and oxygen atoms in total. The van der Waals surface area contributed by atoms with E-state index in [1.54, 1.807) is 0 Å². The Kier molecular flexibility index (Phi) is 3.75. The molecule has 1 saturated carbocycles. The second-order valence-electron chi connectivity index (χ2n) is 5.73. The number of Topliss-reactive ketones (excluding diaryl/α,β-unsaturated/α-hetero) is 1. The third kappa shape index (κ3) is 2.90. The highest BCUT2D eigenvalue weighted by atomic mass is 16.1. The molecule has 6 heteroatoms. The number of aromatic nitrogens is 3. The summed E-state index contributed by atoms with van der Waals surface area (Å²) in [5, 5.41) is 3.17. The maximum absolute atomic E-state index is 11.9. The van der Waals surface area contributed by atoms with Crippen molar-refractivity contribution in [1.29, 1.82) is 0 Å². The van der Waals surface area contributed by atoms with Crippen LogP contribution in [0.1, 0.15) is 42.1 Å². The maximum Gasteiger partial charge on any atom is 0.232 e. The number of anilines is 3. The summed E-state index contributed by atoms with van der Waals surface area (Å²) in [6.07, 6.45) is 2.26. The lowest BCUT2D eigenvalue weighted by Crippen LogP contribution is -2.13. The molecular formula is C16H19N5O. The Morgan fingerprint density at radius 3 is 2.73 bits per heavy atom. The number of rotatable bonds is 3. The average molecular weight is 297 g/mol. The number of hydrogen-bond donors (Lipinski definition) is 2. The molecule has 0 amide bonds. The zero-order valence-electron chi connectivity index (χ0n) is 12.8. The highest BCUT2D eigenvalue weighted by molar-refractivity contribution is 5.86. The molecule has 0 saturated heterocycles. The predicted molar refractivity (Wildman–Crippen MR) is 85.0 cm³/mol. The molecular weight excluding hydrogens is 278 g/mol. The molecule has 0 aliphatic heterocycles. The number of hydrogen-bond acceptors (Lipinski definition) is 6. The molecule has 114 valence electrons. The largest absolute Gasteiger partial charge is 0.368 e. The molecule has 1 heterocycles. The number of benzene rings is 1. The lowest BCUT2D eigenvalue weighted by Gasteiger charge is -2.12. The molecule has 0 unspecified atom stereocenters. The quantitative estimate of drug-likeness (QED) is 0.904. The van der Waals surface area contributed by atoms with Gasteiger partial charge in [0.25, 0.3) is 0 Å². The molecule has 0 bridgehead atoms. The normalized spacial score (nSPS) is 17.7. The van der Waals surface area contributed by atoms with Gasteiger partial charge in [-0.25, -0.2) is 0 Å². The van der Waals surface area contributed by atoms with Crippen LogP contribution in [-0.2, 0) is 4.79 Å². The Balaban J connectivity index is 1.90. The summed E-state index contributed by atoms with van der Waals surface area (Å²) < 4.78 is 0. The zero-order chi connectivity index (χ0) is 15.7. The first kappa shape index (κ1) is 14.4. The first-order valence-electron chi connectivity index (χ1n) is 7.41. The number of carbonyl (C=O) groups is 1. The van der Waals surface area contributed by atoms with Crippen LogP contribution in [0.5, 0.6) is 0 Å². The Bertz CT molecular complexity index is 728. The molecule has 1 aromatic carbocycles. The van der Waals surface area contributed by atoms with Gasteiger partial charge < -0.3 is 11.1 Å². The molecule has 0 spiro atoms. The van der Waals surface area contributed by atoms with Crippen molar-refractivity contribution in [2.24, 2.45) is 0 Å². The summed E-state index contributed by atoms with van der Waals surface area (Å²) in [7, 11) is 0. The second-order valence-corrected chi connectivity index (χ2v) is 5.73. The number of nitrogens with zero attached hydrogens (tertiary/aromatic N) is 3. The van der Waals surface area contributed by atoms with Gasteiger partial charge >= 0.3 is 0 Å². The molecule has 1 aromatic heterocycles. The molecule has 1 aliphatic carbocycles. The van der Waals surface area contributed by atoms with E-state index < -0.39 is 0 Å². The first-order valence-corrected chi connectivity index (χ1v) is 7.41. The fraction of sp³-hybridized carbons (Fsp3) is 0.375. The van der Waals surface area contributed by atoms with E-state index in [0.29, 0.717) is 18.2 Å². The van der Waals surface area contributed by atoms with Crippen LogP contribution >= 0.6 is 0 Å². The van der Waals surface area contributed by atoms with Crippen LogP contribution < -0.4 is 11.1 Å². The van der Waals surface area contributed by atoms with Gasteiger partial charge in [0.2, 0.25) is 11.9 Å². The summed E-state index contributed by atoms with van der Waals surface area (Å²) >= 11 is 0. The lowest BCUT2D eigenvalue weighted by molar-refractivity contribution is -0.118. The Morgan fingerprint density at radius 2 is 2.05 bits per heavy atom. The molecule has 2 aromatic rings. The predicted octanol–water partition coefficient (Wildman–Crippen LogP) is 2.65. The summed E-state index contributed by atoms with van der Waals surface area (Å²) in [6.45, 7) is 4.06. The van der Waals surface area contributed by atoms with Crippen LogP contribution in [0.3, 0.4) is 0 Å². The van der Waals surface area contributed by atoms with Crippen molar-refractivity contribution < 1.29 is 4.79 Å². The van der Waals surface area contributed by atoms with Crippen LogP contribution in [0, 0.1) is 13.8 Å². The number of nitrogen functional groups attached to an aromatic ring is 1. The van der Waals surface area contributed by atoms with Gasteiger partial charge in [-0.15, -0.1) is 0 Å². The molecule has 0 radical (unpaired) electrons. The molecule has 3 N–H and O–H groups in total. The Morgan fingerprint density at radius 1 is 1.23 bits per heavy atom. The van der Waals surface area contributed by atoms with Crippen molar-refractivity contribution in [3.05, 3.63) is 35.2 Å². The van der Waals surface area contributed by atoms with Crippen molar-refractivity contribution in [2.45, 2.75) is 39.0 Å². The van der Waals surface area contributed by atoms with Crippen molar-refractivity contribution in [3.63, 3.8) is 0 Å². The molecule has 3 rings (SSSR count). The average Bonchev–Trinajstić information content (AvgIpc) is 2.88. The summed E-state index contributed by atoms with van der Waals surface area (Å²) in [6, 6.07) is 6.07. The third-order valence-corrected chi connectivity index (χ3v) is 3.91. The van der Waals surface area contributed by atoms with Gasteiger partial charge in [-0.1, -0.05) is 17.7 Å². The van der Waals surface area contributed by atoms with Crippen LogP contribution in [0.4, 0.5) is 17.6 Å². The monoisotopic (exact) mass is 297 g/mol. The minimum Gasteiger partial charge on any atom is -0.368 e. The van der Waals surface area contributed by atoms with Gasteiger partial charge in [-0.05, 0) is 38.3 Å². The molecule has 1 fully saturated rings. The third-order valence-electron chi connectivity index (χ3n) is 3.91. The minimum absolute atomic E-state index is 0.136. The van der Waals surface area contributed by atoms with Crippen molar-refractivity contribution in [2.75, 3.05) is 11.1 Å². The van der Waals surface area contributed by atoms with Crippen LogP contribution in [0.2, 0.25) is 0 Å². The Hall–Kier alpha value is -2.50. The standard InChI is InChI=1S/C16H19N5O/c1-9-6-7-12(10(2)8-9)18-16-20-14(19-15(17)21-16)11-4-3-5-13(11)22/h6-8,11H,3-5H2,1-2H3,(H3,17,18,19,20,21)/t11-/m0/s1. The number of nitrogens with two attached hydrogens (primary N) is 1. The highest BCUT2D eigenvalue weighted by Crippen LogP contribution is 2.30. The van der Waals surface area contributed by atoms with Gasteiger partial charge in [0, 0.05) is 12.1 Å². The van der Waals surface area contributed by atoms with E-state index in [4.69, 9.17) is 5.73 Å². The molecule has 1 atom stereocenters. The second kappa shape index (κ2) is 5.71. The highest BCUT2D eigenvalue weighted by Gasteiger charge is 2.29. The van der Waals surface area contributed by atoms with E-state index in [2.05, 4.69) is 26.3 Å². The first-order chi connectivity index (χ1) is 10.5. The van der Waals surface area contributed by atoms with Crippen molar-refractivity contribution in [1.82, 2.24) is 15.0 Å². The number of carbonyl (C=O) groups excluding carboxylic acids is 1. The van der Waals surface area contributed by atoms with E-state index in [1.165, 1.54) is 5.56 Å². The fourth-order valence-electron chi connectivity index (χ4n) is 2.78. The van der Waals surface area contributed by atoms with Crippen molar-refractivity contribution in [3.8, 4) is 0 Å². The van der Waals surface area contributed by atoms with Gasteiger partial charge in [-0.2, -0.15) is 15.0 Å². The fourth-order valence-corrected chi connectivity index (χ4v) is 2.78. The van der Waals surface area contributed by atoms with E-state index in [-0.39, 0.29) is 17.6 Å². The molecule has 1 aliphatic rings. The van der Waals surface area contributed by atoms with E-state index in [9.17, 15) is 4.79 Å². The van der Waals surface area contributed by atoms with Gasteiger partial charge in [0.05, 0.1) is 5.92 Å². The minimum atomic E-state index is -0.245. The number of ketones is 1. The van der Waals surface area contributed by atoms with Gasteiger partial charge in [0.15, 0.2) is 0 Å². The van der Waals surface area contributed by atoms with Crippen LogP contribution in [-0.4, -0.2) is 20.7 Å². The van der Waals surface area contributed by atoms with Crippen LogP contribution in [0.25, 0.3) is 0 Å².